The van der Waals surface area contributed by atoms with Crippen molar-refractivity contribution in [1.29, 1.82) is 0 Å². The van der Waals surface area contributed by atoms with Crippen molar-refractivity contribution in [1.82, 2.24) is 0 Å². The molecule has 1 aliphatic rings. The Balaban J connectivity index is 1.65. The molecule has 3 aromatic carbocycles. The summed E-state index contributed by atoms with van der Waals surface area (Å²) in [7, 11) is 0. The minimum Gasteiger partial charge on any atom is -0.452 e. The molecule has 41 heavy (non-hydrogen) atoms. The van der Waals surface area contributed by atoms with Gasteiger partial charge in [0.1, 0.15) is 6.10 Å². The van der Waals surface area contributed by atoms with Gasteiger partial charge < -0.3 is 18.9 Å². The number of ether oxygens (including phenoxy) is 4. The molecule has 0 radical (unpaired) electrons. The van der Waals surface area contributed by atoms with Gasteiger partial charge in [-0.15, -0.1) is 0 Å². The van der Waals surface area contributed by atoms with Gasteiger partial charge in [0, 0.05) is 0 Å². The van der Waals surface area contributed by atoms with Gasteiger partial charge >= 0.3 is 17.9 Å². The van der Waals surface area contributed by atoms with Gasteiger partial charge in [-0.25, -0.2) is 14.4 Å². The van der Waals surface area contributed by atoms with Gasteiger partial charge in [-0.05, 0) is 42.8 Å². The lowest BCUT2D eigenvalue weighted by Crippen LogP contribution is -2.60. The molecule has 0 amide bonds. The molecule has 1 heterocycles. The highest BCUT2D eigenvalue weighted by Crippen LogP contribution is 2.35. The van der Waals surface area contributed by atoms with Crippen LogP contribution in [0.5, 0.6) is 0 Å². The normalized spacial score (nSPS) is 22.0. The van der Waals surface area contributed by atoms with Crippen molar-refractivity contribution in [3.63, 3.8) is 0 Å². The van der Waals surface area contributed by atoms with Crippen molar-refractivity contribution < 1.29 is 33.3 Å². The lowest BCUT2D eigenvalue weighted by Gasteiger charge is -2.43. The Bertz CT molecular complexity index is 1250. The molecule has 8 heteroatoms. The van der Waals surface area contributed by atoms with E-state index in [1.807, 2.05) is 0 Å². The largest absolute Gasteiger partial charge is 0.452 e. The number of rotatable bonds is 12. The van der Waals surface area contributed by atoms with E-state index < -0.39 is 47.3 Å². The number of carbonyl (C=O) groups excluding carboxylic acids is 3. The maximum atomic E-state index is 13.3. The highest BCUT2D eigenvalue weighted by atomic mass is 79.9. The fourth-order valence-corrected chi connectivity index (χ4v) is 5.43. The molecule has 1 saturated heterocycles. The Morgan fingerprint density at radius 1 is 0.610 bits per heavy atom. The van der Waals surface area contributed by atoms with Crippen LogP contribution in [0.4, 0.5) is 0 Å². The van der Waals surface area contributed by atoms with E-state index in [9.17, 15) is 14.4 Å². The Morgan fingerprint density at radius 2 is 1.02 bits per heavy atom. The average Bonchev–Trinajstić information content (AvgIpc) is 3.01. The van der Waals surface area contributed by atoms with Crippen LogP contribution in [-0.2, 0) is 18.9 Å². The average molecular weight is 624 g/mol. The number of benzene rings is 3. The number of hydrogen-bond donors (Lipinski definition) is 0. The predicted octanol–water partition coefficient (Wildman–Crippen LogP) is 7.14. The fraction of sp³-hybridized carbons (Fsp3) is 0.364. The number of hydrogen-bond acceptors (Lipinski definition) is 7. The van der Waals surface area contributed by atoms with Crippen LogP contribution >= 0.6 is 15.9 Å². The van der Waals surface area contributed by atoms with E-state index in [2.05, 4.69) is 22.9 Å². The van der Waals surface area contributed by atoms with Crippen LogP contribution in [0.15, 0.2) is 91.0 Å². The third kappa shape index (κ3) is 8.50. The molecule has 0 unspecified atom stereocenters. The minimum absolute atomic E-state index is 0.322. The summed E-state index contributed by atoms with van der Waals surface area (Å²) >= 11 is 3.52. The van der Waals surface area contributed by atoms with Crippen LogP contribution < -0.4 is 0 Å². The molecule has 1 fully saturated rings. The van der Waals surface area contributed by atoms with E-state index in [1.165, 1.54) is 0 Å². The third-order valence-corrected chi connectivity index (χ3v) is 7.66. The van der Waals surface area contributed by atoms with Gasteiger partial charge in [0.2, 0.25) is 0 Å². The molecule has 3 aromatic rings. The van der Waals surface area contributed by atoms with Gasteiger partial charge in [-0.1, -0.05) is 110 Å². The standard InChI is InChI=1S/C33H35BrO7/c1-2-3-4-5-15-22-26-27(39-31(35)23-16-9-6-10-17-23)28(40-32(36)24-18-11-7-12-19-24)29(30(34)38-26)41-33(37)25-20-13-8-14-21-25/h6-14,16-21,26-30H,2-5,15,22H2,1H3/t26-,27+,28+,29-,30+/m0/s1. The van der Waals surface area contributed by atoms with Gasteiger partial charge in [0.15, 0.2) is 23.3 Å². The first-order valence-electron chi connectivity index (χ1n) is 14.1. The van der Waals surface area contributed by atoms with E-state index in [0.717, 1.165) is 32.1 Å². The molecule has 0 saturated carbocycles. The Labute approximate surface area is 249 Å². The van der Waals surface area contributed by atoms with Gasteiger partial charge in [0.25, 0.3) is 0 Å². The summed E-state index contributed by atoms with van der Waals surface area (Å²) in [5, 5.41) is -0.809. The second kappa shape index (κ2) is 15.5. The number of unbranched alkanes of at least 4 members (excludes halogenated alkanes) is 4. The van der Waals surface area contributed by atoms with Crippen LogP contribution in [0.1, 0.15) is 76.5 Å². The monoisotopic (exact) mass is 622 g/mol. The highest BCUT2D eigenvalue weighted by Gasteiger charge is 2.51. The van der Waals surface area contributed by atoms with Crippen molar-refractivity contribution in [2.24, 2.45) is 0 Å². The zero-order valence-electron chi connectivity index (χ0n) is 23.0. The zero-order valence-corrected chi connectivity index (χ0v) is 24.6. The molecule has 0 bridgehead atoms. The van der Waals surface area contributed by atoms with Crippen LogP contribution in [0.2, 0.25) is 0 Å². The van der Waals surface area contributed by atoms with E-state index >= 15 is 0 Å². The summed E-state index contributed by atoms with van der Waals surface area (Å²) < 4.78 is 24.2. The lowest BCUT2D eigenvalue weighted by atomic mass is 9.94. The molecule has 7 nitrogen and oxygen atoms in total. The molecule has 0 spiro atoms. The number of carbonyl (C=O) groups is 3. The molecule has 1 aliphatic heterocycles. The second-order valence-corrected chi connectivity index (χ2v) is 10.8. The van der Waals surface area contributed by atoms with Crippen molar-refractivity contribution in [2.45, 2.75) is 74.9 Å². The summed E-state index contributed by atoms with van der Waals surface area (Å²) in [6.45, 7) is 2.15. The smallest absolute Gasteiger partial charge is 0.338 e. The van der Waals surface area contributed by atoms with Crippen LogP contribution in [0.3, 0.4) is 0 Å². The third-order valence-electron chi connectivity index (χ3n) is 6.93. The maximum Gasteiger partial charge on any atom is 0.338 e. The molecule has 0 N–H and O–H groups in total. The Hall–Kier alpha value is -3.49. The van der Waals surface area contributed by atoms with Gasteiger partial charge in [-0.3, -0.25) is 0 Å². The fourth-order valence-electron chi connectivity index (χ4n) is 4.75. The summed E-state index contributed by atoms with van der Waals surface area (Å²) in [5.74, 6) is -1.83. The van der Waals surface area contributed by atoms with Crippen molar-refractivity contribution in [3.8, 4) is 0 Å². The molecular formula is C33H35BrO7. The van der Waals surface area contributed by atoms with Crippen molar-refractivity contribution in [3.05, 3.63) is 108 Å². The Morgan fingerprint density at radius 3 is 1.49 bits per heavy atom. The SMILES string of the molecule is CCCCCCC[C@@H]1O[C@@H](Br)[C@@H](OC(=O)c2ccccc2)[C@H](OC(=O)c2ccccc2)[C@@H]1OC(=O)c1ccccc1. The topological polar surface area (TPSA) is 88.1 Å². The van der Waals surface area contributed by atoms with Crippen LogP contribution in [-0.4, -0.2) is 47.3 Å². The Kier molecular flexibility index (Phi) is 11.5. The minimum atomic E-state index is -1.14. The summed E-state index contributed by atoms with van der Waals surface area (Å²) in [4.78, 5) is 39.7. The van der Waals surface area contributed by atoms with E-state index in [-0.39, 0.29) is 0 Å². The molecular weight excluding hydrogens is 588 g/mol. The quantitative estimate of drug-likeness (QED) is 0.0917. The summed E-state index contributed by atoms with van der Waals surface area (Å²) in [6.07, 6.45) is 1.86. The lowest BCUT2D eigenvalue weighted by molar-refractivity contribution is -0.199. The predicted molar refractivity (Wildman–Crippen MR) is 158 cm³/mol. The first kappa shape index (κ1) is 30.5. The molecule has 5 atom stereocenters. The first-order chi connectivity index (χ1) is 20.0. The molecule has 216 valence electrons. The molecule has 0 aliphatic carbocycles. The van der Waals surface area contributed by atoms with E-state index in [1.54, 1.807) is 91.0 Å². The number of alkyl halides is 1. The van der Waals surface area contributed by atoms with Crippen LogP contribution in [0.25, 0.3) is 0 Å². The number of esters is 3. The second-order valence-electron chi connectivity index (χ2n) is 9.94. The summed E-state index contributed by atoms with van der Waals surface area (Å²) in [6, 6.07) is 25.6. The van der Waals surface area contributed by atoms with Crippen molar-refractivity contribution >= 4 is 33.8 Å². The maximum absolute atomic E-state index is 13.3. The van der Waals surface area contributed by atoms with Crippen molar-refractivity contribution in [2.75, 3.05) is 0 Å². The molecule has 0 aromatic heterocycles. The highest BCUT2D eigenvalue weighted by molar-refractivity contribution is 9.09. The van der Waals surface area contributed by atoms with E-state index in [4.69, 9.17) is 18.9 Å². The molecule has 4 rings (SSSR count). The number of halogens is 1. The van der Waals surface area contributed by atoms with E-state index in [0.29, 0.717) is 23.1 Å². The van der Waals surface area contributed by atoms with Gasteiger partial charge in [0.05, 0.1) is 16.7 Å². The first-order valence-corrected chi connectivity index (χ1v) is 15.0. The van der Waals surface area contributed by atoms with Crippen LogP contribution in [0, 0.1) is 0 Å². The summed E-state index contributed by atoms with van der Waals surface area (Å²) in [5.41, 5.74) is 1.000. The van der Waals surface area contributed by atoms with Gasteiger partial charge in [-0.2, -0.15) is 0 Å². The zero-order chi connectivity index (χ0) is 29.0.